The number of amides is 3. The molecule has 2 saturated heterocycles. The predicted octanol–water partition coefficient (Wildman–Crippen LogP) is 1.04. The lowest BCUT2D eigenvalue weighted by molar-refractivity contribution is -0.142. The van der Waals surface area contributed by atoms with E-state index in [1.807, 2.05) is 20.8 Å². The molecule has 3 rings (SSSR count). The van der Waals surface area contributed by atoms with Crippen molar-refractivity contribution in [3.05, 3.63) is 29.3 Å². The van der Waals surface area contributed by atoms with Crippen molar-refractivity contribution in [1.29, 1.82) is 0 Å². The molecular weight excluding hydrogens is 372 g/mol. The van der Waals surface area contributed by atoms with Crippen molar-refractivity contribution in [2.24, 2.45) is 11.1 Å². The summed E-state index contributed by atoms with van der Waals surface area (Å²) in [5.74, 6) is -1.54. The Labute approximate surface area is 171 Å². The van der Waals surface area contributed by atoms with Gasteiger partial charge in [-0.1, -0.05) is 6.07 Å². The fourth-order valence-corrected chi connectivity index (χ4v) is 4.07. The number of rotatable bonds is 3. The summed E-state index contributed by atoms with van der Waals surface area (Å²) in [6.45, 7) is 7.68. The Balaban J connectivity index is 1.67. The van der Waals surface area contributed by atoms with Crippen molar-refractivity contribution < 1.29 is 19.1 Å². The third-order valence-electron chi connectivity index (χ3n) is 5.84. The smallest absolute Gasteiger partial charge is 0.313 e. The number of benzene rings is 1. The predicted molar refractivity (Wildman–Crippen MR) is 109 cm³/mol. The second-order valence-corrected chi connectivity index (χ2v) is 8.38. The number of carbonyl (C=O) groups is 3. The average molecular weight is 402 g/mol. The van der Waals surface area contributed by atoms with Crippen LogP contribution in [0, 0.1) is 12.3 Å². The van der Waals surface area contributed by atoms with Gasteiger partial charge in [-0.15, -0.1) is 0 Å². The zero-order chi connectivity index (χ0) is 21.2. The molecule has 29 heavy (non-hydrogen) atoms. The first-order valence-corrected chi connectivity index (χ1v) is 10.1. The highest BCUT2D eigenvalue weighted by Gasteiger charge is 2.47. The second-order valence-electron chi connectivity index (χ2n) is 8.38. The van der Waals surface area contributed by atoms with E-state index in [4.69, 9.17) is 10.5 Å². The lowest BCUT2D eigenvalue weighted by Gasteiger charge is -2.36. The zero-order valence-electron chi connectivity index (χ0n) is 17.3. The Hall–Kier alpha value is -2.45. The first-order chi connectivity index (χ1) is 13.7. The standard InChI is InChI=1S/C21H30N4O4/c1-13(2)23-18(26)16-10-15(5-4-14(16)3)24-19(27)20(28)25-11-17(22)21(12-25)6-8-29-9-7-21/h4-5,10,13,17H,6-9,11-12,22H2,1-3H3,(H,23,26)(H,24,27). The van der Waals surface area contributed by atoms with Crippen LogP contribution in [0.5, 0.6) is 0 Å². The Kier molecular flexibility index (Phi) is 6.24. The van der Waals surface area contributed by atoms with Gasteiger partial charge in [0.2, 0.25) is 0 Å². The highest BCUT2D eigenvalue weighted by atomic mass is 16.5. The summed E-state index contributed by atoms with van der Waals surface area (Å²) in [5.41, 5.74) is 7.81. The third kappa shape index (κ3) is 4.59. The normalized spacial score (nSPS) is 20.7. The minimum Gasteiger partial charge on any atom is -0.381 e. The number of ether oxygens (including phenoxy) is 1. The van der Waals surface area contributed by atoms with Gasteiger partial charge < -0.3 is 26.0 Å². The minimum absolute atomic E-state index is 0.00129. The molecule has 0 aliphatic carbocycles. The van der Waals surface area contributed by atoms with Gasteiger partial charge >= 0.3 is 11.8 Å². The Morgan fingerprint density at radius 1 is 1.24 bits per heavy atom. The summed E-state index contributed by atoms with van der Waals surface area (Å²) >= 11 is 0. The Bertz CT molecular complexity index is 802. The minimum atomic E-state index is -0.722. The van der Waals surface area contributed by atoms with Gasteiger partial charge in [0.25, 0.3) is 5.91 Å². The van der Waals surface area contributed by atoms with Gasteiger partial charge in [0.15, 0.2) is 0 Å². The van der Waals surface area contributed by atoms with Crippen LogP contribution in [0.4, 0.5) is 5.69 Å². The van der Waals surface area contributed by atoms with Crippen molar-refractivity contribution in [3.63, 3.8) is 0 Å². The topological polar surface area (TPSA) is 114 Å². The highest BCUT2D eigenvalue weighted by Crippen LogP contribution is 2.39. The van der Waals surface area contributed by atoms with Crippen LogP contribution in [-0.4, -0.2) is 61.0 Å². The van der Waals surface area contributed by atoms with Crippen molar-refractivity contribution in [2.75, 3.05) is 31.6 Å². The molecule has 8 nitrogen and oxygen atoms in total. The molecule has 1 atom stereocenters. The van der Waals surface area contributed by atoms with Crippen molar-refractivity contribution >= 4 is 23.4 Å². The molecule has 1 aromatic carbocycles. The van der Waals surface area contributed by atoms with Crippen LogP contribution in [0.2, 0.25) is 0 Å². The van der Waals surface area contributed by atoms with Crippen LogP contribution < -0.4 is 16.4 Å². The van der Waals surface area contributed by atoms with Gasteiger partial charge in [-0.05, 0) is 51.3 Å². The van der Waals surface area contributed by atoms with E-state index >= 15 is 0 Å². The Morgan fingerprint density at radius 3 is 2.59 bits per heavy atom. The maximum absolute atomic E-state index is 12.7. The third-order valence-corrected chi connectivity index (χ3v) is 5.84. The van der Waals surface area contributed by atoms with E-state index in [1.165, 1.54) is 4.90 Å². The molecular formula is C21H30N4O4. The largest absolute Gasteiger partial charge is 0.381 e. The fourth-order valence-electron chi connectivity index (χ4n) is 4.07. The van der Waals surface area contributed by atoms with E-state index in [9.17, 15) is 14.4 Å². The first kappa shape index (κ1) is 21.3. The molecule has 8 heteroatoms. The van der Waals surface area contributed by atoms with E-state index in [1.54, 1.807) is 18.2 Å². The molecule has 1 spiro atoms. The van der Waals surface area contributed by atoms with E-state index in [-0.39, 0.29) is 23.4 Å². The zero-order valence-corrected chi connectivity index (χ0v) is 17.3. The van der Waals surface area contributed by atoms with Crippen molar-refractivity contribution in [2.45, 2.75) is 45.7 Å². The quantitative estimate of drug-likeness (QED) is 0.654. The Morgan fingerprint density at radius 2 is 1.93 bits per heavy atom. The summed E-state index contributed by atoms with van der Waals surface area (Å²) in [4.78, 5) is 39.1. The van der Waals surface area contributed by atoms with Crippen LogP contribution in [0.3, 0.4) is 0 Å². The maximum atomic E-state index is 12.7. The molecule has 2 aliphatic heterocycles. The summed E-state index contributed by atoms with van der Waals surface area (Å²) in [5, 5.41) is 5.46. The number of aryl methyl sites for hydroxylation is 1. The number of nitrogens with one attached hydrogen (secondary N) is 2. The van der Waals surface area contributed by atoms with E-state index in [0.717, 1.165) is 18.4 Å². The van der Waals surface area contributed by atoms with Gasteiger partial charge in [-0.25, -0.2) is 0 Å². The molecule has 2 aliphatic rings. The number of likely N-dealkylation sites (tertiary alicyclic amines) is 1. The number of anilines is 1. The van der Waals surface area contributed by atoms with Crippen molar-refractivity contribution in [1.82, 2.24) is 10.2 Å². The average Bonchev–Trinajstić information content (AvgIpc) is 2.98. The number of hydrogen-bond acceptors (Lipinski definition) is 5. The van der Waals surface area contributed by atoms with Crippen molar-refractivity contribution in [3.8, 4) is 0 Å². The molecule has 2 heterocycles. The molecule has 1 aromatic rings. The number of hydrogen-bond donors (Lipinski definition) is 3. The maximum Gasteiger partial charge on any atom is 0.313 e. The van der Waals surface area contributed by atoms with Gasteiger partial charge in [-0.3, -0.25) is 14.4 Å². The molecule has 3 amide bonds. The van der Waals surface area contributed by atoms with Crippen LogP contribution in [-0.2, 0) is 14.3 Å². The molecule has 0 radical (unpaired) electrons. The summed E-state index contributed by atoms with van der Waals surface area (Å²) in [7, 11) is 0. The monoisotopic (exact) mass is 402 g/mol. The number of nitrogens with two attached hydrogens (primary N) is 1. The molecule has 4 N–H and O–H groups in total. The lowest BCUT2D eigenvalue weighted by atomic mass is 9.76. The number of carbonyl (C=O) groups excluding carboxylic acids is 3. The molecule has 2 fully saturated rings. The van der Waals surface area contributed by atoms with E-state index in [0.29, 0.717) is 37.6 Å². The van der Waals surface area contributed by atoms with Gasteiger partial charge in [0.05, 0.1) is 0 Å². The first-order valence-electron chi connectivity index (χ1n) is 10.1. The van der Waals surface area contributed by atoms with Crippen LogP contribution in [0.15, 0.2) is 18.2 Å². The van der Waals surface area contributed by atoms with Gasteiger partial charge in [-0.2, -0.15) is 0 Å². The molecule has 0 saturated carbocycles. The second kappa shape index (κ2) is 8.51. The number of nitrogens with zero attached hydrogens (tertiary/aromatic N) is 1. The van der Waals surface area contributed by atoms with Gasteiger partial charge in [0.1, 0.15) is 0 Å². The van der Waals surface area contributed by atoms with E-state index in [2.05, 4.69) is 10.6 Å². The van der Waals surface area contributed by atoms with Crippen LogP contribution in [0.1, 0.15) is 42.6 Å². The lowest BCUT2D eigenvalue weighted by Crippen LogP contribution is -2.44. The molecule has 0 aromatic heterocycles. The molecule has 158 valence electrons. The molecule has 1 unspecified atom stereocenters. The molecule has 0 bridgehead atoms. The summed E-state index contributed by atoms with van der Waals surface area (Å²) < 4.78 is 5.42. The van der Waals surface area contributed by atoms with E-state index < -0.39 is 11.8 Å². The van der Waals surface area contributed by atoms with Crippen LogP contribution >= 0.6 is 0 Å². The summed E-state index contributed by atoms with van der Waals surface area (Å²) in [6, 6.07) is 4.86. The highest BCUT2D eigenvalue weighted by molar-refractivity contribution is 6.39. The van der Waals surface area contributed by atoms with Gasteiger partial charge in [0, 0.05) is 55.1 Å². The fraction of sp³-hybridized carbons (Fsp3) is 0.571. The van der Waals surface area contributed by atoms with Crippen LogP contribution in [0.25, 0.3) is 0 Å². The SMILES string of the molecule is Cc1ccc(NC(=O)C(=O)N2CC(N)C3(CCOCC3)C2)cc1C(=O)NC(C)C. The summed E-state index contributed by atoms with van der Waals surface area (Å²) in [6.07, 6.45) is 1.59.